The first-order chi connectivity index (χ1) is 13.8. The average molecular weight is 435 g/mol. The first-order valence-corrected chi connectivity index (χ1v) is 11.7. The number of thioether (sulfide) groups is 1. The van der Waals surface area contributed by atoms with Crippen LogP contribution < -0.4 is 10.0 Å². The Morgan fingerprint density at radius 3 is 2.45 bits per heavy atom. The lowest BCUT2D eigenvalue weighted by molar-refractivity contribution is -0.119. The molecule has 1 saturated carbocycles. The maximum absolute atomic E-state index is 12.4. The van der Waals surface area contributed by atoms with E-state index in [1.165, 1.54) is 12.1 Å². The van der Waals surface area contributed by atoms with E-state index in [4.69, 9.17) is 4.74 Å². The van der Waals surface area contributed by atoms with E-state index < -0.39 is 28.5 Å². The van der Waals surface area contributed by atoms with Crippen LogP contribution >= 0.6 is 11.8 Å². The number of sulfonamides is 1. The van der Waals surface area contributed by atoms with Gasteiger partial charge >= 0.3 is 5.97 Å². The van der Waals surface area contributed by atoms with Gasteiger partial charge in [-0.1, -0.05) is 6.07 Å². The zero-order valence-electron chi connectivity index (χ0n) is 16.1. The monoisotopic (exact) mass is 434 g/mol. The third-order valence-electron chi connectivity index (χ3n) is 4.35. The van der Waals surface area contributed by atoms with Gasteiger partial charge in [0.2, 0.25) is 10.0 Å². The molecule has 0 aliphatic heterocycles. The summed E-state index contributed by atoms with van der Waals surface area (Å²) in [4.78, 5) is 25.5. The largest absolute Gasteiger partial charge is 0.452 e. The van der Waals surface area contributed by atoms with Gasteiger partial charge in [0.05, 0.1) is 10.5 Å². The number of carbonyl (C=O) groups excluding carboxylic acids is 2. The van der Waals surface area contributed by atoms with Crippen molar-refractivity contribution in [3.63, 3.8) is 0 Å². The number of anilines is 1. The van der Waals surface area contributed by atoms with Crippen molar-refractivity contribution < 1.29 is 22.7 Å². The number of ether oxygens (including phenoxy) is 1. The second kappa shape index (κ2) is 8.98. The Balaban J connectivity index is 1.62. The minimum absolute atomic E-state index is 0.000264. The van der Waals surface area contributed by atoms with E-state index >= 15 is 0 Å². The van der Waals surface area contributed by atoms with E-state index in [1.807, 2.05) is 18.4 Å². The Morgan fingerprint density at radius 1 is 1.14 bits per heavy atom. The van der Waals surface area contributed by atoms with Gasteiger partial charge in [-0.05, 0) is 68.0 Å². The summed E-state index contributed by atoms with van der Waals surface area (Å²) < 4.78 is 32.4. The number of carbonyl (C=O) groups is 2. The van der Waals surface area contributed by atoms with Gasteiger partial charge < -0.3 is 10.1 Å². The molecule has 154 valence electrons. The number of hydrogen-bond donors (Lipinski definition) is 2. The van der Waals surface area contributed by atoms with Crippen LogP contribution in [0.3, 0.4) is 0 Å². The van der Waals surface area contributed by atoms with Crippen LogP contribution in [0.1, 0.15) is 28.8 Å². The number of nitrogens with one attached hydrogen (secondary N) is 2. The highest BCUT2D eigenvalue weighted by Gasteiger charge is 2.28. The molecule has 0 aromatic heterocycles. The Labute approximate surface area is 174 Å². The van der Waals surface area contributed by atoms with Crippen LogP contribution in [0.5, 0.6) is 0 Å². The van der Waals surface area contributed by atoms with Crippen molar-refractivity contribution >= 4 is 39.3 Å². The van der Waals surface area contributed by atoms with Crippen molar-refractivity contribution in [3.05, 3.63) is 53.6 Å². The van der Waals surface area contributed by atoms with Gasteiger partial charge in [0.15, 0.2) is 6.61 Å². The zero-order valence-corrected chi connectivity index (χ0v) is 17.7. The molecule has 2 aromatic rings. The quantitative estimate of drug-likeness (QED) is 0.489. The lowest BCUT2D eigenvalue weighted by Gasteiger charge is -2.11. The molecule has 2 N–H and O–H groups in total. The van der Waals surface area contributed by atoms with Gasteiger partial charge in [-0.2, -0.15) is 0 Å². The third-order valence-corrected chi connectivity index (χ3v) is 6.61. The maximum Gasteiger partial charge on any atom is 0.338 e. The minimum atomic E-state index is -3.69. The van der Waals surface area contributed by atoms with Crippen molar-refractivity contribution in [1.82, 2.24) is 4.72 Å². The molecular formula is C20H22N2O5S2. The Hall–Kier alpha value is -2.36. The van der Waals surface area contributed by atoms with Crippen molar-refractivity contribution in [1.29, 1.82) is 0 Å². The van der Waals surface area contributed by atoms with Crippen LogP contribution in [-0.2, 0) is 19.6 Å². The molecule has 29 heavy (non-hydrogen) atoms. The van der Waals surface area contributed by atoms with Crippen LogP contribution in [0.2, 0.25) is 0 Å². The molecule has 1 amide bonds. The number of rotatable bonds is 8. The standard InChI is InChI=1S/C20H22N2O5S2/c1-13-3-10-17(29(25,26)22-15-4-5-15)11-18(13)20(24)27-12-19(23)21-14-6-8-16(28-2)9-7-14/h3,6-11,15,22H,4-5,12H2,1-2H3,(H,21,23). The highest BCUT2D eigenvalue weighted by molar-refractivity contribution is 7.98. The summed E-state index contributed by atoms with van der Waals surface area (Å²) >= 11 is 1.59. The smallest absolute Gasteiger partial charge is 0.338 e. The number of hydrogen-bond acceptors (Lipinski definition) is 6. The number of benzene rings is 2. The zero-order chi connectivity index (χ0) is 21.0. The molecule has 9 heteroatoms. The summed E-state index contributed by atoms with van der Waals surface area (Å²) in [6, 6.07) is 11.5. The molecule has 0 heterocycles. The van der Waals surface area contributed by atoms with E-state index in [0.717, 1.165) is 17.7 Å². The fourth-order valence-corrected chi connectivity index (χ4v) is 4.30. The SMILES string of the molecule is CSc1ccc(NC(=O)COC(=O)c2cc(S(=O)(=O)NC3CC3)ccc2C)cc1. The van der Waals surface area contributed by atoms with E-state index in [1.54, 1.807) is 36.9 Å². The molecule has 0 atom stereocenters. The molecule has 1 aliphatic rings. The molecule has 0 bridgehead atoms. The first kappa shape index (κ1) is 21.4. The highest BCUT2D eigenvalue weighted by atomic mass is 32.2. The summed E-state index contributed by atoms with van der Waals surface area (Å²) in [6.45, 7) is 1.20. The van der Waals surface area contributed by atoms with Crippen molar-refractivity contribution in [2.45, 2.75) is 35.6 Å². The molecule has 3 rings (SSSR count). The molecular weight excluding hydrogens is 412 g/mol. The topological polar surface area (TPSA) is 102 Å². The van der Waals surface area contributed by atoms with Crippen molar-refractivity contribution in [3.8, 4) is 0 Å². The number of aryl methyl sites for hydroxylation is 1. The van der Waals surface area contributed by atoms with Crippen LogP contribution in [0.25, 0.3) is 0 Å². The first-order valence-electron chi connectivity index (χ1n) is 9.02. The van der Waals surface area contributed by atoms with Gasteiger partial charge in [-0.25, -0.2) is 17.9 Å². The fourth-order valence-electron chi connectivity index (χ4n) is 2.56. The molecule has 0 unspecified atom stereocenters. The Morgan fingerprint density at radius 2 is 1.83 bits per heavy atom. The van der Waals surface area contributed by atoms with Gasteiger partial charge in [0.25, 0.3) is 5.91 Å². The number of amides is 1. The van der Waals surface area contributed by atoms with E-state index in [0.29, 0.717) is 11.3 Å². The Kier molecular flexibility index (Phi) is 6.61. The van der Waals surface area contributed by atoms with Crippen LogP contribution in [0.15, 0.2) is 52.3 Å². The molecule has 1 aliphatic carbocycles. The Bertz CT molecular complexity index is 1020. The van der Waals surface area contributed by atoms with Gasteiger partial charge in [0, 0.05) is 16.6 Å². The fraction of sp³-hybridized carbons (Fsp3) is 0.300. The second-order valence-corrected chi connectivity index (χ2v) is 9.32. The molecule has 0 radical (unpaired) electrons. The van der Waals surface area contributed by atoms with Crippen LogP contribution in [0, 0.1) is 6.92 Å². The number of esters is 1. The molecule has 0 spiro atoms. The summed E-state index contributed by atoms with van der Waals surface area (Å²) in [5.41, 5.74) is 1.27. The minimum Gasteiger partial charge on any atom is -0.452 e. The lowest BCUT2D eigenvalue weighted by atomic mass is 10.1. The summed E-state index contributed by atoms with van der Waals surface area (Å²) in [5.74, 6) is -1.23. The van der Waals surface area contributed by atoms with Crippen LogP contribution in [-0.4, -0.2) is 39.2 Å². The van der Waals surface area contributed by atoms with Crippen molar-refractivity contribution in [2.24, 2.45) is 0 Å². The molecule has 7 nitrogen and oxygen atoms in total. The van der Waals surface area contributed by atoms with Crippen molar-refractivity contribution in [2.75, 3.05) is 18.2 Å². The lowest BCUT2D eigenvalue weighted by Crippen LogP contribution is -2.26. The summed E-state index contributed by atoms with van der Waals surface area (Å²) in [5, 5.41) is 2.65. The molecule has 1 fully saturated rings. The van der Waals surface area contributed by atoms with Gasteiger partial charge in [0.1, 0.15) is 0 Å². The van der Waals surface area contributed by atoms with Gasteiger partial charge in [-0.15, -0.1) is 11.8 Å². The summed E-state index contributed by atoms with van der Waals surface area (Å²) in [7, 11) is -3.69. The van der Waals surface area contributed by atoms with E-state index in [2.05, 4.69) is 10.0 Å². The molecule has 2 aromatic carbocycles. The highest BCUT2D eigenvalue weighted by Crippen LogP contribution is 2.23. The van der Waals surface area contributed by atoms with Gasteiger partial charge in [-0.3, -0.25) is 4.79 Å². The maximum atomic E-state index is 12.4. The predicted octanol–water partition coefficient (Wildman–Crippen LogP) is 2.95. The normalized spacial score (nSPS) is 13.7. The van der Waals surface area contributed by atoms with Crippen LogP contribution in [0.4, 0.5) is 5.69 Å². The molecule has 0 saturated heterocycles. The van der Waals surface area contributed by atoms with E-state index in [-0.39, 0.29) is 16.5 Å². The van der Waals surface area contributed by atoms with E-state index in [9.17, 15) is 18.0 Å². The summed E-state index contributed by atoms with van der Waals surface area (Å²) in [6.07, 6.45) is 3.58. The predicted molar refractivity (Wildman–Crippen MR) is 112 cm³/mol. The average Bonchev–Trinajstić information content (AvgIpc) is 3.50. The third kappa shape index (κ3) is 5.81. The second-order valence-electron chi connectivity index (χ2n) is 6.73.